The Labute approximate surface area is 198 Å². The number of carbonyl (C=O) groups is 3. The third-order valence-electron chi connectivity index (χ3n) is 6.46. The molecule has 6 N–H and O–H groups in total. The van der Waals surface area contributed by atoms with E-state index in [0.717, 1.165) is 0 Å². The van der Waals surface area contributed by atoms with Crippen LogP contribution < -0.4 is 5.73 Å². The molecule has 0 radical (unpaired) electrons. The van der Waals surface area contributed by atoms with Crippen LogP contribution in [0.3, 0.4) is 0 Å². The molecule has 3 aliphatic carbocycles. The quantitative estimate of drug-likeness (QED) is 0.206. The zero-order valence-electron chi connectivity index (χ0n) is 17.8. The number of aromatic hydroxyl groups is 1. The number of primary amides is 1. The Balaban J connectivity index is 0.00000141. The van der Waals surface area contributed by atoms with Crippen molar-refractivity contribution < 1.29 is 34.8 Å². The minimum absolute atomic E-state index is 0.0123. The number of hydrogen-bond acceptors (Lipinski definition) is 8. The lowest BCUT2D eigenvalue weighted by Crippen LogP contribution is -2.63. The fraction of sp³-hybridized carbons (Fsp3) is 0.409. The molecule has 4 atom stereocenters. The van der Waals surface area contributed by atoms with Crippen molar-refractivity contribution in [2.45, 2.75) is 24.5 Å². The van der Waals surface area contributed by atoms with E-state index >= 15 is 0 Å². The number of allylic oxidation sites excluding steroid dienone is 1. The number of carbonyl (C=O) groups excluding carboxylic acids is 3. The van der Waals surface area contributed by atoms with Gasteiger partial charge in [0.15, 0.2) is 11.4 Å². The highest BCUT2D eigenvalue weighted by Gasteiger charge is 2.63. The molecule has 32 heavy (non-hydrogen) atoms. The molecular weight excluding hydrogens is 531 g/mol. The number of phenols is 1. The summed E-state index contributed by atoms with van der Waals surface area (Å²) in [4.78, 5) is 41.6. The maximum atomic E-state index is 13.1. The van der Waals surface area contributed by atoms with E-state index in [0.29, 0.717) is 12.0 Å². The summed E-state index contributed by atoms with van der Waals surface area (Å²) in [6.45, 7) is 0. The van der Waals surface area contributed by atoms with E-state index in [1.165, 1.54) is 11.0 Å². The van der Waals surface area contributed by atoms with Crippen molar-refractivity contribution in [1.29, 1.82) is 0 Å². The predicted octanol–water partition coefficient (Wildman–Crippen LogP) is 1.17. The van der Waals surface area contributed by atoms with Crippen LogP contribution in [-0.4, -0.2) is 73.5 Å². The van der Waals surface area contributed by atoms with E-state index < -0.39 is 58.0 Å². The summed E-state index contributed by atoms with van der Waals surface area (Å²) in [6, 6.07) is 3.66. The number of nitrogens with zero attached hydrogens (tertiary/aromatic N) is 1. The van der Waals surface area contributed by atoms with Gasteiger partial charge < -0.3 is 26.2 Å². The molecule has 0 aromatic heterocycles. The third-order valence-corrected chi connectivity index (χ3v) is 6.46. The van der Waals surface area contributed by atoms with Crippen LogP contribution in [0.2, 0.25) is 0 Å². The Morgan fingerprint density at radius 3 is 2.38 bits per heavy atom. The summed E-state index contributed by atoms with van der Waals surface area (Å²) in [5.74, 6) is -6.42. The Bertz CT molecular complexity index is 1080. The average Bonchev–Trinajstić information content (AvgIpc) is 2.71. The van der Waals surface area contributed by atoms with Crippen LogP contribution in [0.25, 0.3) is 0 Å². The van der Waals surface area contributed by atoms with E-state index in [4.69, 9.17) is 5.73 Å². The van der Waals surface area contributed by atoms with Gasteiger partial charge in [-0.2, -0.15) is 0 Å². The lowest BCUT2D eigenvalue weighted by atomic mass is 9.58. The number of rotatable bonds is 2. The minimum atomic E-state index is -2.60. The molecule has 0 aliphatic heterocycles. The fourth-order valence-electron chi connectivity index (χ4n) is 5.19. The second-order valence-corrected chi connectivity index (χ2v) is 8.27. The summed E-state index contributed by atoms with van der Waals surface area (Å²) < 4.78 is 0. The monoisotopic (exact) mass is 556 g/mol. The number of phenolic OH excluding ortho intramolecular Hbond substituents is 1. The number of Topliss-reactive ketones (excluding diaryl/α,β-unsaturated/α-hetero) is 2. The second kappa shape index (κ2) is 8.49. The van der Waals surface area contributed by atoms with Gasteiger partial charge in [0.1, 0.15) is 22.8 Å². The van der Waals surface area contributed by atoms with E-state index in [1.807, 2.05) is 4.93 Å². The Hall–Kier alpha value is -2.44. The number of amides is 1. The van der Waals surface area contributed by atoms with Gasteiger partial charge in [-0.15, -0.1) is 0 Å². The number of benzene rings is 1. The first-order valence-corrected chi connectivity index (χ1v) is 12.0. The van der Waals surface area contributed by atoms with Gasteiger partial charge in [0.2, 0.25) is 5.78 Å². The molecule has 1 amide bonds. The Kier molecular flexibility index (Phi) is 6.42. The van der Waals surface area contributed by atoms with Gasteiger partial charge in [0, 0.05) is 11.5 Å². The topological polar surface area (TPSA) is 161 Å². The van der Waals surface area contributed by atoms with Crippen LogP contribution in [0.15, 0.2) is 40.9 Å². The van der Waals surface area contributed by atoms with Crippen molar-refractivity contribution in [1.82, 2.24) is 4.90 Å². The molecule has 0 unspecified atom stereocenters. The number of aliphatic hydroxyl groups is 3. The van der Waals surface area contributed by atoms with Crippen molar-refractivity contribution in [3.8, 4) is 5.75 Å². The summed E-state index contributed by atoms with van der Waals surface area (Å²) in [5.41, 5.74) is 2.31. The zero-order chi connectivity index (χ0) is 24.1. The number of aliphatic hydroxyl groups excluding tert-OH is 2. The molecule has 0 fully saturated rings. The third kappa shape index (κ3) is 3.23. The number of fused-ring (bicyclic) bond motifs is 3. The first kappa shape index (κ1) is 24.2. The molecule has 1 aromatic rings. The van der Waals surface area contributed by atoms with Gasteiger partial charge in [0.25, 0.3) is 5.91 Å². The second-order valence-electron chi connectivity index (χ2n) is 8.27. The van der Waals surface area contributed by atoms with E-state index in [2.05, 4.69) is 22.6 Å². The van der Waals surface area contributed by atoms with Gasteiger partial charge in [0.05, 0.1) is 11.6 Å². The maximum Gasteiger partial charge on any atom is 0.255 e. The first-order valence-electron chi connectivity index (χ1n) is 9.85. The Morgan fingerprint density at radius 1 is 1.19 bits per heavy atom. The van der Waals surface area contributed by atoms with Crippen LogP contribution in [0.4, 0.5) is 0 Å². The highest BCUT2D eigenvalue weighted by atomic mass is 127. The van der Waals surface area contributed by atoms with Crippen molar-refractivity contribution in [3.05, 3.63) is 52.0 Å². The van der Waals surface area contributed by atoms with Gasteiger partial charge in [-0.05, 0) is 49.4 Å². The lowest BCUT2D eigenvalue weighted by molar-refractivity contribution is -0.148. The van der Waals surface area contributed by atoms with Gasteiger partial charge in [-0.25, -0.2) is 0 Å². The lowest BCUT2D eigenvalue weighted by Gasteiger charge is -2.50. The first-order chi connectivity index (χ1) is 15.0. The van der Waals surface area contributed by atoms with Crippen LogP contribution in [0.1, 0.15) is 22.3 Å². The van der Waals surface area contributed by atoms with Gasteiger partial charge in [-0.3, -0.25) is 19.3 Å². The number of ketones is 2. The molecule has 172 valence electrons. The summed E-state index contributed by atoms with van der Waals surface area (Å²) in [5, 5.41) is 43.2. The molecule has 0 bridgehead atoms. The molecule has 1 aromatic carbocycles. The van der Waals surface area contributed by atoms with Crippen LogP contribution in [-0.2, 0) is 16.0 Å². The maximum absolute atomic E-state index is 13.1. The largest absolute Gasteiger partial charge is 0.510 e. The molecule has 0 heterocycles. The van der Waals surface area contributed by atoms with Crippen LogP contribution in [0, 0.1) is 11.8 Å². The standard InChI is InChI=1S/C21H22N2O7.CH3I/c1-23(2)15-10-7-9-6-8-4-3-5-11(24)12(8)16(25)13(9)18(27)21(10,30)19(28)14(17(15)26)20(22)29;1-2/h3-5,9-10,15,24,26-27,30H,6-7H2,1-2H3,(H2,22,29);1H3/t9-,10+,15-,21-;/m0./s1. The van der Waals surface area contributed by atoms with E-state index in [9.17, 15) is 34.8 Å². The number of nitrogens with two attached hydrogens (primary N) is 1. The summed E-state index contributed by atoms with van der Waals surface area (Å²) in [6.07, 6.45) is 0.379. The SMILES string of the molecule is CI.CN(C)[C@@H]1C(O)=C(C(N)=O)C(=O)[C@@]2(O)C(O)=C3C(=O)c4c(O)cccc4C[C@H]3C[C@H]12. The van der Waals surface area contributed by atoms with Gasteiger partial charge in [-0.1, -0.05) is 34.7 Å². The number of likely N-dealkylation sites (N-methyl/N-ethyl adjacent to an activating group) is 1. The molecule has 0 saturated carbocycles. The average molecular weight is 556 g/mol. The highest BCUT2D eigenvalue weighted by Crippen LogP contribution is 2.52. The number of halogens is 1. The van der Waals surface area contributed by atoms with Crippen LogP contribution >= 0.6 is 22.6 Å². The van der Waals surface area contributed by atoms with Crippen LogP contribution in [0.5, 0.6) is 5.75 Å². The van der Waals surface area contributed by atoms with Gasteiger partial charge >= 0.3 is 0 Å². The molecule has 4 rings (SSSR count). The molecule has 9 nitrogen and oxygen atoms in total. The fourth-order valence-corrected chi connectivity index (χ4v) is 5.19. The van der Waals surface area contributed by atoms with E-state index in [-0.39, 0.29) is 23.3 Å². The highest BCUT2D eigenvalue weighted by molar-refractivity contribution is 14.1. The predicted molar refractivity (Wildman–Crippen MR) is 124 cm³/mol. The summed E-state index contributed by atoms with van der Waals surface area (Å²) in [7, 11) is 3.18. The normalized spacial score (nSPS) is 29.1. The molecular formula is C22H25IN2O7. The van der Waals surface area contributed by atoms with Crippen molar-refractivity contribution in [3.63, 3.8) is 0 Å². The smallest absolute Gasteiger partial charge is 0.255 e. The summed E-state index contributed by atoms with van der Waals surface area (Å²) >= 11 is 2.15. The zero-order valence-corrected chi connectivity index (χ0v) is 20.0. The molecule has 0 saturated heterocycles. The number of hydrogen-bond donors (Lipinski definition) is 5. The molecule has 0 spiro atoms. The number of alkyl halides is 1. The molecule has 3 aliphatic rings. The van der Waals surface area contributed by atoms with Crippen molar-refractivity contribution in [2.75, 3.05) is 19.0 Å². The van der Waals surface area contributed by atoms with Crippen molar-refractivity contribution >= 4 is 40.1 Å². The van der Waals surface area contributed by atoms with Crippen molar-refractivity contribution in [2.24, 2.45) is 17.6 Å². The van der Waals surface area contributed by atoms with E-state index in [1.54, 1.807) is 26.2 Å². The minimum Gasteiger partial charge on any atom is -0.510 e. The molecule has 10 heteroatoms. The Morgan fingerprint density at radius 2 is 1.81 bits per heavy atom.